The van der Waals surface area contributed by atoms with Gasteiger partial charge >= 0.3 is 27.0 Å². The van der Waals surface area contributed by atoms with Crippen LogP contribution in [-0.4, -0.2) is 8.42 Å². The molecule has 3 aromatic carbocycles. The first-order chi connectivity index (χ1) is 14.9. The number of nitrogens with zero attached hydrogens (tertiary/aromatic N) is 1. The van der Waals surface area contributed by atoms with Gasteiger partial charge in [0, 0.05) is 0 Å². The van der Waals surface area contributed by atoms with E-state index >= 15 is 0 Å². The fraction of sp³-hybridized carbons (Fsp3) is 0.240. The van der Waals surface area contributed by atoms with Crippen LogP contribution in [0.2, 0.25) is 0 Å². The summed E-state index contributed by atoms with van der Waals surface area (Å²) in [5, 5.41) is 0. The van der Waals surface area contributed by atoms with Crippen molar-refractivity contribution in [3.63, 3.8) is 0 Å². The van der Waals surface area contributed by atoms with E-state index in [1.54, 1.807) is 0 Å². The van der Waals surface area contributed by atoms with Crippen molar-refractivity contribution in [2.75, 3.05) is 0 Å². The average molecular weight is 558 g/mol. The summed E-state index contributed by atoms with van der Waals surface area (Å²) < 4.78 is 30.3. The van der Waals surface area contributed by atoms with E-state index in [0.29, 0.717) is 0 Å². The summed E-state index contributed by atoms with van der Waals surface area (Å²) in [6.45, 7) is 4.09. The molecule has 32 heavy (non-hydrogen) atoms. The van der Waals surface area contributed by atoms with E-state index in [1.807, 2.05) is 116 Å². The maximum absolute atomic E-state index is 13.0. The fourth-order valence-corrected chi connectivity index (χ4v) is 4.76. The van der Waals surface area contributed by atoms with Crippen LogP contribution in [-0.2, 0) is 33.1 Å². The van der Waals surface area contributed by atoms with Gasteiger partial charge in [0.15, 0.2) is 0 Å². The molecule has 0 saturated carbocycles. The van der Waals surface area contributed by atoms with Crippen molar-refractivity contribution >= 4 is 19.7 Å². The Morgan fingerprint density at radius 2 is 1.31 bits per heavy atom. The minimum atomic E-state index is -3.79. The van der Waals surface area contributed by atoms with Gasteiger partial charge in [-0.05, 0) is 17.0 Å². The van der Waals surface area contributed by atoms with Crippen LogP contribution < -0.4 is 0 Å². The predicted octanol–water partition coefficient (Wildman–Crippen LogP) is 7.69. The van der Waals surface area contributed by atoms with Gasteiger partial charge < -0.3 is 17.9 Å². The second-order valence-corrected chi connectivity index (χ2v) is 9.09. The Kier molecular flexibility index (Phi) is 12.3. The van der Waals surface area contributed by atoms with E-state index < -0.39 is 22.1 Å². The normalized spacial score (nSPS) is 12.8. The van der Waals surface area contributed by atoms with Gasteiger partial charge in [-0.15, -0.1) is 12.1 Å². The molecule has 0 aliphatic carbocycles. The second kappa shape index (κ2) is 13.9. The average Bonchev–Trinajstić information content (AvgIpc) is 2.79. The third-order valence-electron chi connectivity index (χ3n) is 4.90. The molecule has 0 spiro atoms. The topological polar surface area (TPSA) is 72.0 Å². The van der Waals surface area contributed by atoms with Gasteiger partial charge in [0.2, 0.25) is 0 Å². The van der Waals surface area contributed by atoms with Gasteiger partial charge in [-0.1, -0.05) is 110 Å². The molecule has 0 radical (unpaired) electrons. The number of nitrogens with one attached hydrogen (secondary N) is 1. The van der Waals surface area contributed by atoms with E-state index in [-0.39, 0.29) is 19.1 Å². The molecular weight excluding hydrogens is 529 g/mol. The molecule has 7 heteroatoms. The molecule has 0 heterocycles. The van der Waals surface area contributed by atoms with Gasteiger partial charge in [-0.2, -0.15) is 0 Å². The molecule has 4 nitrogen and oxygen atoms in total. The molecule has 0 aromatic heterocycles. The fourth-order valence-electron chi connectivity index (χ4n) is 3.44. The summed E-state index contributed by atoms with van der Waals surface area (Å²) in [7, 11) is 0.783. The van der Waals surface area contributed by atoms with Crippen molar-refractivity contribution in [2.45, 2.75) is 37.6 Å². The summed E-state index contributed by atoms with van der Waals surface area (Å²) in [5.74, 6) is 0.0613. The molecule has 2 atom stereocenters. The van der Waals surface area contributed by atoms with Crippen LogP contribution in [0.1, 0.15) is 54.1 Å². The van der Waals surface area contributed by atoms with Crippen LogP contribution in [0.15, 0.2) is 84.9 Å². The quantitative estimate of drug-likeness (QED) is 0.210. The van der Waals surface area contributed by atoms with Crippen molar-refractivity contribution in [3.05, 3.63) is 125 Å². The van der Waals surface area contributed by atoms with Crippen LogP contribution in [0.5, 0.6) is 0 Å². The van der Waals surface area contributed by atoms with E-state index in [0.717, 1.165) is 22.3 Å². The molecule has 172 valence electrons. The van der Waals surface area contributed by atoms with Crippen molar-refractivity contribution in [2.24, 2.45) is 0 Å². The summed E-state index contributed by atoms with van der Waals surface area (Å²) in [4.78, 5) is 0. The number of benzene rings is 3. The van der Waals surface area contributed by atoms with Crippen LogP contribution in [0, 0.1) is 7.43 Å². The summed E-state index contributed by atoms with van der Waals surface area (Å²) in [5.41, 5.74) is 11.9. The first-order valence-electron chi connectivity index (χ1n) is 9.84. The second-order valence-electron chi connectivity index (χ2n) is 7.43. The SMILES string of the molecule is CC(C)c1ccccc1CS(=O)(=O)[N-]C(c1ccccc1)C([NH-])c1ccccc1.[CH3-].[Cl][Ru+3]. The molecule has 3 aromatic rings. The van der Waals surface area contributed by atoms with Gasteiger partial charge in [-0.3, -0.25) is 0 Å². The van der Waals surface area contributed by atoms with Crippen molar-refractivity contribution in [1.29, 1.82) is 0 Å². The van der Waals surface area contributed by atoms with Crippen molar-refractivity contribution in [3.8, 4) is 0 Å². The molecule has 3 rings (SSSR count). The third kappa shape index (κ3) is 8.09. The molecule has 0 amide bonds. The molecule has 0 fully saturated rings. The molecule has 0 bridgehead atoms. The number of halogens is 1. The summed E-state index contributed by atoms with van der Waals surface area (Å²) >= 11 is 1.82. The van der Waals surface area contributed by atoms with E-state index in [4.69, 9.17) is 5.73 Å². The zero-order valence-corrected chi connectivity index (χ0v) is 21.7. The minimum absolute atomic E-state index is 0. The predicted molar refractivity (Wildman–Crippen MR) is 131 cm³/mol. The zero-order valence-electron chi connectivity index (χ0n) is 18.4. The van der Waals surface area contributed by atoms with Crippen LogP contribution in [0.25, 0.3) is 10.5 Å². The van der Waals surface area contributed by atoms with Crippen molar-refractivity contribution < 1.29 is 25.7 Å². The Balaban J connectivity index is 0.00000166. The Labute approximate surface area is 207 Å². The summed E-state index contributed by atoms with van der Waals surface area (Å²) in [6.07, 6.45) is 0. The van der Waals surface area contributed by atoms with Gasteiger partial charge in [0.05, 0.1) is 15.8 Å². The molecule has 0 aliphatic rings. The standard InChI is InChI=1S/C24H26N2O2S.CH3.ClH.Ru/c1-18(2)22-16-10-9-15-21(22)17-29(27,28)26-24(20-13-7-4-8-14-20)23(25)19-11-5-3-6-12-19;;;/h3-16,18,23-25H,17H2,1-2H3;1H3;1H;/q-2;-1;;+4/p-1. The van der Waals surface area contributed by atoms with Gasteiger partial charge in [0.1, 0.15) is 0 Å². The molecule has 0 saturated heterocycles. The van der Waals surface area contributed by atoms with Crippen LogP contribution >= 0.6 is 9.69 Å². The Morgan fingerprint density at radius 1 is 0.844 bits per heavy atom. The summed E-state index contributed by atoms with van der Waals surface area (Å²) in [6, 6.07) is 24.4. The van der Waals surface area contributed by atoms with Crippen LogP contribution in [0.4, 0.5) is 0 Å². The first kappa shape index (κ1) is 28.5. The van der Waals surface area contributed by atoms with Gasteiger partial charge in [-0.25, -0.2) is 8.42 Å². The number of hydrogen-bond donors (Lipinski definition) is 0. The molecular formula is C25H29ClN2O2RuS. The molecule has 1 N–H and O–H groups in total. The van der Waals surface area contributed by atoms with Gasteiger partial charge in [0.25, 0.3) is 0 Å². The molecule has 0 aliphatic heterocycles. The van der Waals surface area contributed by atoms with Crippen LogP contribution in [0.3, 0.4) is 0 Å². The Bertz CT molecular complexity index is 1030. The number of sulfonamides is 1. The Hall–Kier alpha value is -1.56. The third-order valence-corrected chi connectivity index (χ3v) is 6.13. The van der Waals surface area contributed by atoms with Crippen molar-refractivity contribution in [1.82, 2.24) is 0 Å². The van der Waals surface area contributed by atoms with E-state index in [9.17, 15) is 8.42 Å². The molecule has 2 unspecified atom stereocenters. The number of hydrogen-bond acceptors (Lipinski definition) is 2. The maximum atomic E-state index is 13.0. The number of rotatable bonds is 8. The Morgan fingerprint density at radius 3 is 1.84 bits per heavy atom. The zero-order chi connectivity index (χ0) is 22.9. The monoisotopic (exact) mass is 558 g/mol. The van der Waals surface area contributed by atoms with E-state index in [1.165, 1.54) is 0 Å². The first-order valence-corrected chi connectivity index (χ1v) is 13.7. The van der Waals surface area contributed by atoms with E-state index in [2.05, 4.69) is 14.4 Å².